The number of alkyl halides is 3. The molecule has 20 heavy (non-hydrogen) atoms. The molecule has 1 fully saturated rings. The molecule has 0 unspecified atom stereocenters. The molecule has 1 saturated heterocycles. The largest absolute Gasteiger partial charge is 0.465 e. The Kier molecular flexibility index (Phi) is 3.87. The molecule has 1 aliphatic rings. The van der Waals surface area contributed by atoms with Crippen LogP contribution >= 0.6 is 0 Å². The fourth-order valence-corrected chi connectivity index (χ4v) is 2.56. The quantitative estimate of drug-likeness (QED) is 0.801. The summed E-state index contributed by atoms with van der Waals surface area (Å²) in [5, 5.41) is 8.81. The molecule has 1 N–H and O–H groups in total. The molecule has 0 saturated carbocycles. The van der Waals surface area contributed by atoms with Gasteiger partial charge in [0.15, 0.2) is 0 Å². The summed E-state index contributed by atoms with van der Waals surface area (Å²) >= 11 is 0. The summed E-state index contributed by atoms with van der Waals surface area (Å²) < 4.78 is 52.3. The zero-order valence-corrected chi connectivity index (χ0v) is 10.5. The third-order valence-corrected chi connectivity index (χ3v) is 3.53. The maximum Gasteiger partial charge on any atom is 0.419 e. The normalized spacial score (nSPS) is 17.3. The predicted molar refractivity (Wildman–Crippen MR) is 63.0 cm³/mol. The minimum Gasteiger partial charge on any atom is -0.465 e. The molecule has 0 aromatic heterocycles. The van der Waals surface area contributed by atoms with Gasteiger partial charge >= 0.3 is 12.3 Å². The molecule has 3 nitrogen and oxygen atoms in total. The van der Waals surface area contributed by atoms with Gasteiger partial charge in [-0.05, 0) is 30.4 Å². The Labute approximate surface area is 112 Å². The molecule has 1 amide bonds. The van der Waals surface area contributed by atoms with Gasteiger partial charge in [0, 0.05) is 13.1 Å². The summed E-state index contributed by atoms with van der Waals surface area (Å²) in [6, 6.07) is 3.31. The molecule has 0 atom stereocenters. The standard InChI is InChI=1S/C13H13F4NO2/c14-10-3-1-2-9(11(10)13(15,16)17)8-4-6-18(7-5-8)12(19)20/h1-3,8H,4-7H2,(H,19,20). The van der Waals surface area contributed by atoms with Crippen LogP contribution in [0.1, 0.15) is 29.9 Å². The number of carbonyl (C=O) groups is 1. The van der Waals surface area contributed by atoms with Crippen LogP contribution in [0.5, 0.6) is 0 Å². The third kappa shape index (κ3) is 2.86. The van der Waals surface area contributed by atoms with Gasteiger partial charge in [-0.25, -0.2) is 9.18 Å². The molecule has 0 radical (unpaired) electrons. The summed E-state index contributed by atoms with van der Waals surface area (Å²) in [5.74, 6) is -1.76. The lowest BCUT2D eigenvalue weighted by atomic mass is 9.86. The first kappa shape index (κ1) is 14.6. The van der Waals surface area contributed by atoms with Crippen LogP contribution in [0.25, 0.3) is 0 Å². The second-order valence-corrected chi connectivity index (χ2v) is 4.75. The first-order valence-corrected chi connectivity index (χ1v) is 6.14. The lowest BCUT2D eigenvalue weighted by Crippen LogP contribution is -2.37. The van der Waals surface area contributed by atoms with E-state index in [0.29, 0.717) is 0 Å². The second kappa shape index (κ2) is 5.30. The van der Waals surface area contributed by atoms with E-state index in [1.165, 1.54) is 12.1 Å². The van der Waals surface area contributed by atoms with Gasteiger partial charge in [-0.1, -0.05) is 12.1 Å². The van der Waals surface area contributed by atoms with Crippen molar-refractivity contribution in [3.8, 4) is 0 Å². The number of likely N-dealkylation sites (tertiary alicyclic amines) is 1. The van der Waals surface area contributed by atoms with Crippen LogP contribution < -0.4 is 0 Å². The number of rotatable bonds is 1. The van der Waals surface area contributed by atoms with E-state index in [1.54, 1.807) is 0 Å². The van der Waals surface area contributed by atoms with Crippen molar-refractivity contribution in [3.63, 3.8) is 0 Å². The van der Waals surface area contributed by atoms with Crippen LogP contribution in [0, 0.1) is 5.82 Å². The number of amides is 1. The van der Waals surface area contributed by atoms with Gasteiger partial charge in [0.05, 0.1) is 5.56 Å². The lowest BCUT2D eigenvalue weighted by Gasteiger charge is -2.31. The fourth-order valence-electron chi connectivity index (χ4n) is 2.56. The Morgan fingerprint density at radius 2 is 1.85 bits per heavy atom. The van der Waals surface area contributed by atoms with Gasteiger partial charge in [0.1, 0.15) is 5.82 Å². The molecule has 110 valence electrons. The Hall–Kier alpha value is -1.79. The minimum absolute atomic E-state index is 0.0810. The Morgan fingerprint density at radius 1 is 1.25 bits per heavy atom. The Balaban J connectivity index is 2.27. The van der Waals surface area contributed by atoms with Crippen molar-refractivity contribution in [3.05, 3.63) is 35.1 Å². The molecule has 7 heteroatoms. The van der Waals surface area contributed by atoms with E-state index in [0.717, 1.165) is 11.0 Å². The lowest BCUT2D eigenvalue weighted by molar-refractivity contribution is -0.140. The Morgan fingerprint density at radius 3 is 2.35 bits per heavy atom. The van der Waals surface area contributed by atoms with Crippen LogP contribution in [0.15, 0.2) is 18.2 Å². The second-order valence-electron chi connectivity index (χ2n) is 4.75. The maximum absolute atomic E-state index is 13.5. The van der Waals surface area contributed by atoms with Crippen LogP contribution in [-0.2, 0) is 6.18 Å². The number of halogens is 4. The summed E-state index contributed by atoms with van der Waals surface area (Å²) in [6.45, 7) is 0.321. The summed E-state index contributed by atoms with van der Waals surface area (Å²) in [7, 11) is 0. The summed E-state index contributed by atoms with van der Waals surface area (Å²) in [5.41, 5.74) is -1.31. The Bertz CT molecular complexity index is 508. The highest BCUT2D eigenvalue weighted by molar-refractivity contribution is 5.65. The number of hydrogen-bond donors (Lipinski definition) is 1. The van der Waals surface area contributed by atoms with Gasteiger partial charge in [-0.15, -0.1) is 0 Å². The highest BCUT2D eigenvalue weighted by Crippen LogP contribution is 2.40. The molecule has 0 spiro atoms. The van der Waals surface area contributed by atoms with Gasteiger partial charge in [0.25, 0.3) is 0 Å². The van der Waals surface area contributed by atoms with E-state index >= 15 is 0 Å². The molecule has 0 bridgehead atoms. The number of carboxylic acid groups (broad SMARTS) is 1. The highest BCUT2D eigenvalue weighted by Gasteiger charge is 2.39. The topological polar surface area (TPSA) is 40.5 Å². The van der Waals surface area contributed by atoms with E-state index in [4.69, 9.17) is 5.11 Å². The molecule has 1 aromatic carbocycles. The molecular weight excluding hydrogens is 278 g/mol. The number of nitrogens with zero attached hydrogens (tertiary/aromatic N) is 1. The van der Waals surface area contributed by atoms with E-state index in [9.17, 15) is 22.4 Å². The smallest absolute Gasteiger partial charge is 0.419 e. The molecule has 1 heterocycles. The van der Waals surface area contributed by atoms with Crippen LogP contribution in [0.2, 0.25) is 0 Å². The van der Waals surface area contributed by atoms with Gasteiger partial charge in [-0.3, -0.25) is 0 Å². The maximum atomic E-state index is 13.5. The van der Waals surface area contributed by atoms with E-state index in [1.807, 2.05) is 0 Å². The molecule has 1 aliphatic heterocycles. The van der Waals surface area contributed by atoms with Gasteiger partial charge < -0.3 is 10.0 Å². The van der Waals surface area contributed by atoms with Crippen LogP contribution in [0.4, 0.5) is 22.4 Å². The average Bonchev–Trinajstić information content (AvgIpc) is 2.37. The predicted octanol–water partition coefficient (Wildman–Crippen LogP) is 3.70. The molecular formula is C13H13F4NO2. The first-order valence-electron chi connectivity index (χ1n) is 6.14. The number of piperidine rings is 1. The molecule has 0 aliphatic carbocycles. The van der Waals surface area contributed by atoms with Crippen molar-refractivity contribution >= 4 is 6.09 Å². The fraction of sp³-hybridized carbons (Fsp3) is 0.462. The van der Waals surface area contributed by atoms with E-state index in [2.05, 4.69) is 0 Å². The highest BCUT2D eigenvalue weighted by atomic mass is 19.4. The van der Waals surface area contributed by atoms with Crippen molar-refractivity contribution in [1.29, 1.82) is 0 Å². The van der Waals surface area contributed by atoms with Crippen molar-refractivity contribution in [2.45, 2.75) is 24.9 Å². The van der Waals surface area contributed by atoms with Crippen molar-refractivity contribution in [2.24, 2.45) is 0 Å². The minimum atomic E-state index is -4.75. The summed E-state index contributed by atoms with van der Waals surface area (Å²) in [6.07, 6.45) is -5.30. The SMILES string of the molecule is O=C(O)N1CCC(c2cccc(F)c2C(F)(F)F)CC1. The van der Waals surface area contributed by atoms with Gasteiger partial charge in [0.2, 0.25) is 0 Å². The average molecular weight is 291 g/mol. The zero-order chi connectivity index (χ0) is 14.9. The number of benzene rings is 1. The zero-order valence-electron chi connectivity index (χ0n) is 10.5. The van der Waals surface area contributed by atoms with Crippen LogP contribution in [-0.4, -0.2) is 29.2 Å². The molecule has 1 aromatic rings. The van der Waals surface area contributed by atoms with Gasteiger partial charge in [-0.2, -0.15) is 13.2 Å². The van der Waals surface area contributed by atoms with Crippen molar-refractivity contribution in [2.75, 3.05) is 13.1 Å². The number of hydrogen-bond acceptors (Lipinski definition) is 1. The first-order chi connectivity index (χ1) is 9.30. The third-order valence-electron chi connectivity index (χ3n) is 3.53. The van der Waals surface area contributed by atoms with Crippen molar-refractivity contribution < 1.29 is 27.5 Å². The van der Waals surface area contributed by atoms with Crippen LogP contribution in [0.3, 0.4) is 0 Å². The van der Waals surface area contributed by atoms with Crippen molar-refractivity contribution in [1.82, 2.24) is 4.90 Å². The monoisotopic (exact) mass is 291 g/mol. The molecule has 2 rings (SSSR count). The summed E-state index contributed by atoms with van der Waals surface area (Å²) in [4.78, 5) is 11.9. The van der Waals surface area contributed by atoms with E-state index < -0.39 is 29.6 Å². The van der Waals surface area contributed by atoms with E-state index in [-0.39, 0.29) is 31.5 Å².